The molecule has 9 nitrogen and oxygen atoms in total. The fourth-order valence-electron chi connectivity index (χ4n) is 5.45. The summed E-state index contributed by atoms with van der Waals surface area (Å²) in [6.07, 6.45) is 2.64. The monoisotopic (exact) mass is 555 g/mol. The maximum Gasteiger partial charge on any atom is 0.279 e. The van der Waals surface area contributed by atoms with Gasteiger partial charge >= 0.3 is 0 Å². The highest BCUT2D eigenvalue weighted by atomic mass is 35.5. The molecule has 1 N–H and O–H groups in total. The van der Waals surface area contributed by atoms with Gasteiger partial charge in [-0.3, -0.25) is 19.3 Å². The summed E-state index contributed by atoms with van der Waals surface area (Å²) in [4.78, 5) is 43.2. The third-order valence-electron chi connectivity index (χ3n) is 7.58. The van der Waals surface area contributed by atoms with Gasteiger partial charge in [0, 0.05) is 37.6 Å². The first-order valence-corrected chi connectivity index (χ1v) is 13.5. The van der Waals surface area contributed by atoms with Gasteiger partial charge in [0.05, 0.1) is 29.8 Å². The first-order chi connectivity index (χ1) is 18.9. The molecule has 39 heavy (non-hydrogen) atoms. The van der Waals surface area contributed by atoms with Crippen LogP contribution in [0.15, 0.2) is 47.3 Å². The molecular weight excluding hydrogens is 525 g/mol. The number of carbonyl (C=O) groups excluding carboxylic acids is 2. The SMILES string of the molecule is COc1ccc(-n2nc(C(=O)NCC(=O)N3CCN([C@@H]4CCCC[C@H]4F)CC3)c3ccccc3c2=O)cc1Cl. The number of carbonyl (C=O) groups is 2. The lowest BCUT2D eigenvalue weighted by Gasteiger charge is -2.42. The van der Waals surface area contributed by atoms with Crippen molar-refractivity contribution in [2.75, 3.05) is 39.8 Å². The van der Waals surface area contributed by atoms with Crippen molar-refractivity contribution in [3.8, 4) is 11.4 Å². The number of alkyl halides is 1. The summed E-state index contributed by atoms with van der Waals surface area (Å²) >= 11 is 6.26. The van der Waals surface area contributed by atoms with Crippen LogP contribution in [-0.4, -0.2) is 83.4 Å². The first kappa shape index (κ1) is 27.1. The molecule has 5 rings (SSSR count). The predicted octanol–water partition coefficient (Wildman–Crippen LogP) is 3.20. The van der Waals surface area contributed by atoms with E-state index in [1.54, 1.807) is 41.3 Å². The Labute approximate surface area is 230 Å². The highest BCUT2D eigenvalue weighted by molar-refractivity contribution is 6.32. The molecule has 0 radical (unpaired) electrons. The summed E-state index contributed by atoms with van der Waals surface area (Å²) in [6.45, 7) is 2.00. The lowest BCUT2D eigenvalue weighted by atomic mass is 9.92. The van der Waals surface area contributed by atoms with Crippen LogP contribution in [0.5, 0.6) is 5.75 Å². The number of aromatic nitrogens is 2. The second kappa shape index (κ2) is 11.7. The molecule has 2 aliphatic rings. The van der Waals surface area contributed by atoms with Crippen LogP contribution in [-0.2, 0) is 4.79 Å². The molecule has 11 heteroatoms. The number of ether oxygens (including phenoxy) is 1. The zero-order valence-corrected chi connectivity index (χ0v) is 22.5. The lowest BCUT2D eigenvalue weighted by Crippen LogP contribution is -2.56. The van der Waals surface area contributed by atoms with Crippen molar-refractivity contribution in [2.45, 2.75) is 37.9 Å². The maximum atomic E-state index is 14.4. The standard InChI is InChI=1S/C28H31ClFN5O4/c1-39-24-11-10-18(16-21(24)29)35-28(38)20-7-3-2-6-19(20)26(32-35)27(37)31-17-25(36)34-14-12-33(13-15-34)23-9-5-4-8-22(23)30/h2-3,6-7,10-11,16,22-23H,4-5,8-9,12-15,17H2,1H3,(H,31,37)/t22-,23-/m1/s1. The van der Waals surface area contributed by atoms with Crippen LogP contribution in [0.2, 0.25) is 5.02 Å². The number of amides is 2. The van der Waals surface area contributed by atoms with Gasteiger partial charge < -0.3 is 15.0 Å². The Morgan fingerprint density at radius 1 is 1.08 bits per heavy atom. The van der Waals surface area contributed by atoms with Crippen molar-refractivity contribution in [1.29, 1.82) is 0 Å². The molecule has 3 aromatic rings. The van der Waals surface area contributed by atoms with E-state index in [9.17, 15) is 18.8 Å². The van der Waals surface area contributed by atoms with Crippen LogP contribution in [0.4, 0.5) is 4.39 Å². The van der Waals surface area contributed by atoms with Crippen molar-refractivity contribution in [3.63, 3.8) is 0 Å². The number of rotatable bonds is 6. The molecule has 1 aliphatic carbocycles. The van der Waals surface area contributed by atoms with Crippen LogP contribution < -0.4 is 15.6 Å². The number of nitrogens with one attached hydrogen (secondary N) is 1. The average molecular weight is 556 g/mol. The van der Waals surface area contributed by atoms with Gasteiger partial charge in [-0.25, -0.2) is 4.39 Å². The Bertz CT molecular complexity index is 1440. The summed E-state index contributed by atoms with van der Waals surface area (Å²) in [5.74, 6) is -0.355. The van der Waals surface area contributed by atoms with E-state index < -0.39 is 17.6 Å². The molecule has 2 amide bonds. The Hall–Kier alpha value is -3.50. The van der Waals surface area contributed by atoms with E-state index in [1.807, 2.05) is 0 Å². The van der Waals surface area contributed by atoms with E-state index in [1.165, 1.54) is 13.2 Å². The molecule has 2 aromatic carbocycles. The molecule has 0 unspecified atom stereocenters. The van der Waals surface area contributed by atoms with Gasteiger partial charge in [0.1, 0.15) is 11.9 Å². The van der Waals surface area contributed by atoms with Gasteiger partial charge in [-0.05, 0) is 37.1 Å². The Balaban J connectivity index is 1.30. The molecule has 1 aromatic heterocycles. The topological polar surface area (TPSA) is 96.8 Å². The smallest absolute Gasteiger partial charge is 0.279 e. The molecule has 0 bridgehead atoms. The number of hydrogen-bond acceptors (Lipinski definition) is 6. The normalized spacial score (nSPS) is 20.1. The Morgan fingerprint density at radius 3 is 2.49 bits per heavy atom. The van der Waals surface area contributed by atoms with Crippen molar-refractivity contribution in [2.24, 2.45) is 0 Å². The van der Waals surface area contributed by atoms with Gasteiger partial charge in [-0.2, -0.15) is 9.78 Å². The summed E-state index contributed by atoms with van der Waals surface area (Å²) in [5, 5.41) is 8.00. The largest absolute Gasteiger partial charge is 0.495 e. The van der Waals surface area contributed by atoms with E-state index in [2.05, 4.69) is 15.3 Å². The van der Waals surface area contributed by atoms with Crippen LogP contribution >= 0.6 is 11.6 Å². The quantitative estimate of drug-likeness (QED) is 0.502. The van der Waals surface area contributed by atoms with Crippen molar-refractivity contribution < 1.29 is 18.7 Å². The minimum absolute atomic E-state index is 0.0149. The molecule has 1 saturated heterocycles. The Kier molecular flexibility index (Phi) is 8.13. The minimum atomic E-state index is -0.806. The fourth-order valence-corrected chi connectivity index (χ4v) is 5.70. The molecule has 2 heterocycles. The van der Waals surface area contributed by atoms with Crippen LogP contribution in [0.25, 0.3) is 16.5 Å². The zero-order chi connectivity index (χ0) is 27.5. The number of nitrogens with zero attached hydrogens (tertiary/aromatic N) is 4. The highest BCUT2D eigenvalue weighted by Crippen LogP contribution is 2.27. The van der Waals surface area contributed by atoms with Gasteiger partial charge in [0.25, 0.3) is 11.5 Å². The summed E-state index contributed by atoms with van der Waals surface area (Å²) < 4.78 is 20.7. The molecule has 1 aliphatic heterocycles. The first-order valence-electron chi connectivity index (χ1n) is 13.2. The zero-order valence-electron chi connectivity index (χ0n) is 21.7. The fraction of sp³-hybridized carbons (Fsp3) is 0.429. The number of halogens is 2. The molecular formula is C28H31ClFN5O4. The number of piperazine rings is 1. The second-order valence-corrected chi connectivity index (χ2v) is 10.3. The van der Waals surface area contributed by atoms with E-state index >= 15 is 0 Å². The summed E-state index contributed by atoms with van der Waals surface area (Å²) in [6, 6.07) is 11.4. The minimum Gasteiger partial charge on any atom is -0.495 e. The third kappa shape index (κ3) is 5.62. The van der Waals surface area contributed by atoms with Crippen LogP contribution in [0.3, 0.4) is 0 Å². The summed E-state index contributed by atoms with van der Waals surface area (Å²) in [5.41, 5.74) is -0.0279. The van der Waals surface area contributed by atoms with E-state index in [0.717, 1.165) is 23.9 Å². The van der Waals surface area contributed by atoms with E-state index in [0.29, 0.717) is 59.8 Å². The molecule has 0 spiro atoms. The predicted molar refractivity (Wildman–Crippen MR) is 147 cm³/mol. The van der Waals surface area contributed by atoms with Gasteiger partial charge in [0.2, 0.25) is 5.91 Å². The molecule has 2 atom stereocenters. The van der Waals surface area contributed by atoms with Crippen molar-refractivity contribution in [1.82, 2.24) is 24.9 Å². The van der Waals surface area contributed by atoms with Crippen molar-refractivity contribution >= 4 is 34.2 Å². The summed E-state index contributed by atoms with van der Waals surface area (Å²) in [7, 11) is 1.49. The third-order valence-corrected chi connectivity index (χ3v) is 7.88. The highest BCUT2D eigenvalue weighted by Gasteiger charge is 2.33. The number of fused-ring (bicyclic) bond motifs is 1. The molecule has 206 valence electrons. The van der Waals surface area contributed by atoms with Crippen molar-refractivity contribution in [3.05, 3.63) is 63.5 Å². The van der Waals surface area contributed by atoms with E-state index in [4.69, 9.17) is 16.3 Å². The molecule has 1 saturated carbocycles. The maximum absolute atomic E-state index is 14.4. The second-order valence-electron chi connectivity index (χ2n) is 9.90. The Morgan fingerprint density at radius 2 is 1.79 bits per heavy atom. The van der Waals surface area contributed by atoms with E-state index in [-0.39, 0.29) is 24.2 Å². The number of hydrogen-bond donors (Lipinski definition) is 1. The van der Waals surface area contributed by atoms with Gasteiger partial charge in [0.15, 0.2) is 5.69 Å². The van der Waals surface area contributed by atoms with Gasteiger partial charge in [-0.1, -0.05) is 42.6 Å². The lowest BCUT2D eigenvalue weighted by molar-refractivity contribution is -0.132. The van der Waals surface area contributed by atoms with Crippen LogP contribution in [0, 0.1) is 0 Å². The number of benzene rings is 2. The average Bonchev–Trinajstić information content (AvgIpc) is 2.96. The molecule has 2 fully saturated rings. The number of methoxy groups -OCH3 is 1. The van der Waals surface area contributed by atoms with Gasteiger partial charge in [-0.15, -0.1) is 0 Å². The van der Waals surface area contributed by atoms with Crippen LogP contribution in [0.1, 0.15) is 36.2 Å².